The van der Waals surface area contributed by atoms with Gasteiger partial charge in [0.2, 0.25) is 0 Å². The maximum atomic E-state index is 13.7. The van der Waals surface area contributed by atoms with E-state index in [1.165, 1.54) is 29.7 Å². The van der Waals surface area contributed by atoms with Crippen LogP contribution in [0.5, 0.6) is 0 Å². The van der Waals surface area contributed by atoms with Crippen LogP contribution >= 0.6 is 11.3 Å². The van der Waals surface area contributed by atoms with Crippen LogP contribution in [0.25, 0.3) is 0 Å². The third kappa shape index (κ3) is 3.61. The fraction of sp³-hybridized carbons (Fsp3) is 0.125. The summed E-state index contributed by atoms with van der Waals surface area (Å²) in [7, 11) is 0. The molecule has 0 spiro atoms. The van der Waals surface area contributed by atoms with E-state index in [0.717, 1.165) is 17.1 Å². The second-order valence-corrected chi connectivity index (χ2v) is 6.39. The zero-order valence-corrected chi connectivity index (χ0v) is 13.8. The highest BCUT2D eigenvalue weighted by molar-refractivity contribution is 7.11. The summed E-state index contributed by atoms with van der Waals surface area (Å²) >= 11 is 1.35. The second-order valence-electron chi connectivity index (χ2n) is 5.13. The fourth-order valence-corrected chi connectivity index (χ4v) is 2.82. The smallest absolute Gasteiger partial charge is 0.268 e. The van der Waals surface area contributed by atoms with E-state index in [2.05, 4.69) is 20.5 Å². The Morgan fingerprint density at radius 1 is 1.24 bits per heavy atom. The van der Waals surface area contributed by atoms with Crippen molar-refractivity contribution in [3.8, 4) is 0 Å². The molecule has 0 bridgehead atoms. The molecular weight excluding hydrogens is 350 g/mol. The minimum Gasteiger partial charge on any atom is -0.356 e. The summed E-state index contributed by atoms with van der Waals surface area (Å²) in [5, 5.41) is 11.8. The number of hydrogen-bond acceptors (Lipinski definition) is 5. The molecule has 0 aliphatic heterocycles. The Morgan fingerprint density at radius 3 is 2.60 bits per heavy atom. The van der Waals surface area contributed by atoms with E-state index in [0.29, 0.717) is 5.01 Å². The van der Waals surface area contributed by atoms with Crippen LogP contribution in [0.15, 0.2) is 30.5 Å². The summed E-state index contributed by atoms with van der Waals surface area (Å²) < 4.78 is 27.4. The molecule has 128 valence electrons. The number of nitrogens with zero attached hydrogens (tertiary/aromatic N) is 2. The third-order valence-electron chi connectivity index (χ3n) is 3.35. The minimum atomic E-state index is -0.955. The van der Waals surface area contributed by atoms with Crippen molar-refractivity contribution in [3.63, 3.8) is 0 Å². The summed E-state index contributed by atoms with van der Waals surface area (Å²) in [4.78, 5) is 27.0. The van der Waals surface area contributed by atoms with Crippen LogP contribution in [0.1, 0.15) is 36.4 Å². The van der Waals surface area contributed by atoms with Gasteiger partial charge >= 0.3 is 0 Å². The van der Waals surface area contributed by atoms with Crippen LogP contribution in [0.4, 0.5) is 8.78 Å². The Hall–Kier alpha value is -2.94. The van der Waals surface area contributed by atoms with E-state index in [1.807, 2.05) is 0 Å². The Morgan fingerprint density at radius 2 is 1.96 bits per heavy atom. The summed E-state index contributed by atoms with van der Waals surface area (Å²) in [6, 6.07) is 4.42. The number of nitrogens with one attached hydrogen (secondary N) is 2. The predicted octanol–water partition coefficient (Wildman–Crippen LogP) is 2.61. The number of aromatic amines is 1. The lowest BCUT2D eigenvalue weighted by molar-refractivity contribution is 0.0946. The predicted molar refractivity (Wildman–Crippen MR) is 86.4 cm³/mol. The monoisotopic (exact) mass is 362 g/mol. The van der Waals surface area contributed by atoms with Gasteiger partial charge < -0.3 is 10.3 Å². The van der Waals surface area contributed by atoms with Crippen molar-refractivity contribution in [1.82, 2.24) is 20.5 Å². The number of halogens is 2. The molecule has 2 N–H and O–H groups in total. The topological polar surface area (TPSA) is 87.7 Å². The van der Waals surface area contributed by atoms with Gasteiger partial charge in [0.15, 0.2) is 5.78 Å². The number of rotatable bonds is 5. The SMILES string of the molecule is Cc1nnc(CNC(=O)c2cc(C(=O)c3c(F)cccc3F)c[nH]2)s1. The molecule has 0 aliphatic carbocycles. The number of carbonyl (C=O) groups is 2. The lowest BCUT2D eigenvalue weighted by Crippen LogP contribution is -2.23. The van der Waals surface area contributed by atoms with Crippen LogP contribution < -0.4 is 5.32 Å². The van der Waals surface area contributed by atoms with Crippen LogP contribution in [0.2, 0.25) is 0 Å². The highest BCUT2D eigenvalue weighted by Crippen LogP contribution is 2.18. The number of hydrogen-bond donors (Lipinski definition) is 2. The lowest BCUT2D eigenvalue weighted by atomic mass is 10.0. The summed E-state index contributed by atoms with van der Waals surface area (Å²) in [6.45, 7) is 1.99. The van der Waals surface area contributed by atoms with Gasteiger partial charge in [-0.25, -0.2) is 8.78 Å². The number of amides is 1. The van der Waals surface area contributed by atoms with E-state index in [-0.39, 0.29) is 17.8 Å². The first-order valence-corrected chi connectivity index (χ1v) is 8.01. The molecule has 0 saturated carbocycles. The molecule has 25 heavy (non-hydrogen) atoms. The number of aryl methyl sites for hydroxylation is 1. The average molecular weight is 362 g/mol. The molecule has 1 aromatic carbocycles. The Balaban J connectivity index is 1.73. The quantitative estimate of drug-likeness (QED) is 0.683. The summed E-state index contributed by atoms with van der Waals surface area (Å²) in [6.07, 6.45) is 1.23. The zero-order valence-electron chi connectivity index (χ0n) is 13.0. The second kappa shape index (κ2) is 6.89. The molecule has 3 aromatic rings. The van der Waals surface area contributed by atoms with E-state index in [9.17, 15) is 18.4 Å². The molecule has 9 heteroatoms. The Bertz CT molecular complexity index is 931. The van der Waals surface area contributed by atoms with Crippen LogP contribution in [0, 0.1) is 18.6 Å². The number of H-pyrrole nitrogens is 1. The molecular formula is C16H12F2N4O2S. The van der Waals surface area contributed by atoms with Gasteiger partial charge in [0.25, 0.3) is 5.91 Å². The number of aromatic nitrogens is 3. The molecule has 1 amide bonds. The molecule has 0 fully saturated rings. The van der Waals surface area contributed by atoms with Crippen LogP contribution in [-0.4, -0.2) is 26.9 Å². The fourth-order valence-electron chi connectivity index (χ4n) is 2.18. The normalized spacial score (nSPS) is 10.7. The maximum Gasteiger partial charge on any atom is 0.268 e. The van der Waals surface area contributed by atoms with Crippen molar-refractivity contribution in [1.29, 1.82) is 0 Å². The van der Waals surface area contributed by atoms with Crippen LogP contribution in [0.3, 0.4) is 0 Å². The Labute approximate surface area is 144 Å². The Kier molecular flexibility index (Phi) is 4.66. The number of benzene rings is 1. The van der Waals surface area contributed by atoms with E-state index < -0.39 is 28.9 Å². The number of ketones is 1. The maximum absolute atomic E-state index is 13.7. The first-order chi connectivity index (χ1) is 12.0. The van der Waals surface area contributed by atoms with Gasteiger partial charge in [0.05, 0.1) is 12.1 Å². The third-order valence-corrected chi connectivity index (χ3v) is 4.19. The van der Waals surface area contributed by atoms with Gasteiger partial charge in [0, 0.05) is 11.8 Å². The van der Waals surface area contributed by atoms with Gasteiger partial charge in [-0.15, -0.1) is 10.2 Å². The largest absolute Gasteiger partial charge is 0.356 e. The summed E-state index contributed by atoms with van der Waals surface area (Å²) in [5.74, 6) is -3.22. The first kappa shape index (κ1) is 16.9. The molecule has 0 unspecified atom stereocenters. The van der Waals surface area contributed by atoms with Gasteiger partial charge in [-0.2, -0.15) is 0 Å². The zero-order chi connectivity index (χ0) is 18.0. The van der Waals surface area contributed by atoms with Crippen molar-refractivity contribution in [2.75, 3.05) is 0 Å². The molecule has 0 saturated heterocycles. The average Bonchev–Trinajstić information content (AvgIpc) is 3.21. The van der Waals surface area contributed by atoms with Gasteiger partial charge in [0.1, 0.15) is 27.3 Å². The van der Waals surface area contributed by atoms with Crippen molar-refractivity contribution in [2.24, 2.45) is 0 Å². The van der Waals surface area contributed by atoms with Crippen LogP contribution in [-0.2, 0) is 6.54 Å². The van der Waals surface area contributed by atoms with Gasteiger partial charge in [-0.3, -0.25) is 9.59 Å². The molecule has 2 heterocycles. The van der Waals surface area contributed by atoms with Crippen molar-refractivity contribution >= 4 is 23.0 Å². The molecule has 0 radical (unpaired) electrons. The highest BCUT2D eigenvalue weighted by atomic mass is 32.1. The minimum absolute atomic E-state index is 0.0130. The molecule has 0 aliphatic rings. The standard InChI is InChI=1S/C16H12F2N4O2S/c1-8-21-22-13(25-8)7-20-16(24)12-5-9(6-19-12)15(23)14-10(17)3-2-4-11(14)18/h2-6,19H,7H2,1H3,(H,20,24). The first-order valence-electron chi connectivity index (χ1n) is 7.20. The van der Waals surface area contributed by atoms with Gasteiger partial charge in [-0.05, 0) is 25.1 Å². The molecule has 3 rings (SSSR count). The van der Waals surface area contributed by atoms with E-state index >= 15 is 0 Å². The van der Waals surface area contributed by atoms with Crippen molar-refractivity contribution in [2.45, 2.75) is 13.5 Å². The van der Waals surface area contributed by atoms with E-state index in [4.69, 9.17) is 0 Å². The molecule has 6 nitrogen and oxygen atoms in total. The van der Waals surface area contributed by atoms with Crippen molar-refractivity contribution in [3.05, 3.63) is 68.9 Å². The van der Waals surface area contributed by atoms with Gasteiger partial charge in [-0.1, -0.05) is 17.4 Å². The number of carbonyl (C=O) groups excluding carboxylic acids is 2. The summed E-state index contributed by atoms with van der Waals surface area (Å²) in [5.41, 5.74) is -0.569. The van der Waals surface area contributed by atoms with Crippen molar-refractivity contribution < 1.29 is 18.4 Å². The van der Waals surface area contributed by atoms with E-state index in [1.54, 1.807) is 6.92 Å². The lowest BCUT2D eigenvalue weighted by Gasteiger charge is -2.02. The highest BCUT2D eigenvalue weighted by Gasteiger charge is 2.21. The molecule has 0 atom stereocenters. The molecule has 2 aromatic heterocycles.